The molecule has 162 valence electrons. The normalized spacial score (nSPS) is 11.0. The predicted molar refractivity (Wildman–Crippen MR) is 127 cm³/mol. The number of methoxy groups -OCH3 is 1. The first-order chi connectivity index (χ1) is 15.7. The molecule has 5 nitrogen and oxygen atoms in total. The van der Waals surface area contributed by atoms with Crippen molar-refractivity contribution in [1.29, 1.82) is 0 Å². The second kappa shape index (κ2) is 10.6. The van der Waals surface area contributed by atoms with Crippen LogP contribution in [0.5, 0.6) is 5.75 Å². The average molecular weight is 425 g/mol. The molecule has 2 aromatic heterocycles. The van der Waals surface area contributed by atoms with Gasteiger partial charge in [-0.2, -0.15) is 0 Å². The lowest BCUT2D eigenvalue weighted by Crippen LogP contribution is -2.22. The second-order valence-electron chi connectivity index (χ2n) is 7.82. The number of hydrogen-bond donors (Lipinski definition) is 0. The average Bonchev–Trinajstić information content (AvgIpc) is 2.86. The Bertz CT molecular complexity index is 1100. The van der Waals surface area contributed by atoms with Crippen LogP contribution in [0.15, 0.2) is 85.5 Å². The highest BCUT2D eigenvalue weighted by Crippen LogP contribution is 2.20. The molecule has 4 aromatic rings. The Kier molecular flexibility index (Phi) is 7.20. The van der Waals surface area contributed by atoms with E-state index in [1.807, 2.05) is 55.1 Å². The number of rotatable bonds is 9. The maximum Gasteiger partial charge on any atom is 0.159 e. The smallest absolute Gasteiger partial charge is 0.159 e. The highest BCUT2D eigenvalue weighted by atomic mass is 16.5. The summed E-state index contributed by atoms with van der Waals surface area (Å²) in [5.41, 5.74) is 5.89. The number of nitrogens with zero attached hydrogens (tertiary/aromatic N) is 4. The Morgan fingerprint density at radius 1 is 0.719 bits per heavy atom. The quantitative estimate of drug-likeness (QED) is 0.364. The Morgan fingerprint density at radius 3 is 2.00 bits per heavy atom. The van der Waals surface area contributed by atoms with Crippen LogP contribution in [0.3, 0.4) is 0 Å². The summed E-state index contributed by atoms with van der Waals surface area (Å²) in [6.07, 6.45) is 8.63. The van der Waals surface area contributed by atoms with Crippen molar-refractivity contribution >= 4 is 0 Å². The molecule has 4 rings (SSSR count). The van der Waals surface area contributed by atoms with E-state index in [4.69, 9.17) is 4.74 Å². The third-order valence-electron chi connectivity index (χ3n) is 5.43. The summed E-state index contributed by atoms with van der Waals surface area (Å²) in [7, 11) is 1.66. The summed E-state index contributed by atoms with van der Waals surface area (Å²) < 4.78 is 5.23. The Morgan fingerprint density at radius 2 is 1.38 bits per heavy atom. The second-order valence-corrected chi connectivity index (χ2v) is 7.82. The van der Waals surface area contributed by atoms with Gasteiger partial charge < -0.3 is 4.74 Å². The van der Waals surface area contributed by atoms with E-state index in [9.17, 15) is 0 Å². The summed E-state index contributed by atoms with van der Waals surface area (Å²) in [5, 5.41) is 0. The van der Waals surface area contributed by atoms with Gasteiger partial charge in [0.2, 0.25) is 0 Å². The standard InChI is InChI=1S/C27H28N4O/c1-3-21-6-8-22(9-7-21)18-31(19-23-5-4-14-28-15-23)20-24-16-29-27(30-17-24)25-10-12-26(32-2)13-11-25/h4-17H,3,18-20H2,1-2H3. The first kappa shape index (κ1) is 21.7. The lowest BCUT2D eigenvalue weighted by molar-refractivity contribution is 0.247. The minimum absolute atomic E-state index is 0.713. The van der Waals surface area contributed by atoms with Gasteiger partial charge in [0.15, 0.2) is 5.82 Å². The molecule has 0 atom stereocenters. The van der Waals surface area contributed by atoms with Crippen LogP contribution in [0.25, 0.3) is 11.4 Å². The van der Waals surface area contributed by atoms with Crippen LogP contribution in [0.4, 0.5) is 0 Å². The number of ether oxygens (including phenoxy) is 1. The fourth-order valence-electron chi connectivity index (χ4n) is 3.64. The third-order valence-corrected chi connectivity index (χ3v) is 5.43. The van der Waals surface area contributed by atoms with E-state index in [1.165, 1.54) is 16.7 Å². The van der Waals surface area contributed by atoms with Crippen LogP contribution in [-0.2, 0) is 26.1 Å². The summed E-state index contributed by atoms with van der Waals surface area (Å²) in [6.45, 7) is 4.59. The molecule has 0 unspecified atom stereocenters. The Labute approximate surface area is 189 Å². The molecule has 0 N–H and O–H groups in total. The number of aromatic nitrogens is 3. The number of benzene rings is 2. The topological polar surface area (TPSA) is 51.1 Å². The zero-order valence-electron chi connectivity index (χ0n) is 18.6. The van der Waals surface area contributed by atoms with Gasteiger partial charge in [-0.1, -0.05) is 37.3 Å². The molecule has 0 aliphatic heterocycles. The molecule has 0 saturated carbocycles. The number of aryl methyl sites for hydroxylation is 1. The molecule has 0 aliphatic rings. The van der Waals surface area contributed by atoms with Gasteiger partial charge in [-0.25, -0.2) is 9.97 Å². The van der Waals surface area contributed by atoms with Crippen molar-refractivity contribution in [2.24, 2.45) is 0 Å². The van der Waals surface area contributed by atoms with Gasteiger partial charge in [0.25, 0.3) is 0 Å². The van der Waals surface area contributed by atoms with Crippen molar-refractivity contribution in [3.63, 3.8) is 0 Å². The van der Waals surface area contributed by atoms with E-state index < -0.39 is 0 Å². The van der Waals surface area contributed by atoms with Gasteiger partial charge in [0.05, 0.1) is 7.11 Å². The predicted octanol–water partition coefficient (Wildman–Crippen LogP) is 5.31. The molecule has 0 fully saturated rings. The third kappa shape index (κ3) is 5.77. The lowest BCUT2D eigenvalue weighted by Gasteiger charge is -2.22. The molecule has 0 spiro atoms. The molecule has 32 heavy (non-hydrogen) atoms. The fraction of sp³-hybridized carbons (Fsp3) is 0.222. The van der Waals surface area contributed by atoms with E-state index in [1.54, 1.807) is 7.11 Å². The SMILES string of the molecule is CCc1ccc(CN(Cc2cccnc2)Cc2cnc(-c3ccc(OC)cc3)nc2)cc1. The largest absolute Gasteiger partial charge is 0.497 e. The number of hydrogen-bond acceptors (Lipinski definition) is 5. The highest BCUT2D eigenvalue weighted by molar-refractivity contribution is 5.55. The van der Waals surface area contributed by atoms with E-state index in [-0.39, 0.29) is 0 Å². The van der Waals surface area contributed by atoms with Crippen LogP contribution in [0.2, 0.25) is 0 Å². The first-order valence-electron chi connectivity index (χ1n) is 10.9. The van der Waals surface area contributed by atoms with Gasteiger partial charge in [0.1, 0.15) is 5.75 Å². The molecule has 2 heterocycles. The van der Waals surface area contributed by atoms with Crippen LogP contribution in [-0.4, -0.2) is 27.0 Å². The van der Waals surface area contributed by atoms with Crippen LogP contribution in [0.1, 0.15) is 29.2 Å². The minimum atomic E-state index is 0.713. The lowest BCUT2D eigenvalue weighted by atomic mass is 10.1. The zero-order valence-corrected chi connectivity index (χ0v) is 18.6. The summed E-state index contributed by atoms with van der Waals surface area (Å²) in [6, 6.07) is 20.8. The van der Waals surface area contributed by atoms with E-state index >= 15 is 0 Å². The first-order valence-corrected chi connectivity index (χ1v) is 10.9. The van der Waals surface area contributed by atoms with Crippen molar-refractivity contribution in [3.8, 4) is 17.1 Å². The van der Waals surface area contributed by atoms with Crippen molar-refractivity contribution in [2.75, 3.05) is 7.11 Å². The molecule has 0 aliphatic carbocycles. The molecule has 0 bridgehead atoms. The van der Waals surface area contributed by atoms with E-state index in [2.05, 4.69) is 57.1 Å². The van der Waals surface area contributed by atoms with Crippen molar-refractivity contribution in [1.82, 2.24) is 19.9 Å². The van der Waals surface area contributed by atoms with E-state index in [0.29, 0.717) is 5.82 Å². The number of pyridine rings is 1. The summed E-state index contributed by atoms with van der Waals surface area (Å²) in [5.74, 6) is 1.54. The minimum Gasteiger partial charge on any atom is -0.497 e. The van der Waals surface area contributed by atoms with Crippen LogP contribution < -0.4 is 4.74 Å². The van der Waals surface area contributed by atoms with Gasteiger partial charge >= 0.3 is 0 Å². The molecule has 5 heteroatoms. The van der Waals surface area contributed by atoms with Crippen LogP contribution in [0, 0.1) is 0 Å². The maximum atomic E-state index is 5.23. The molecular formula is C27H28N4O. The molecule has 0 saturated heterocycles. The van der Waals surface area contributed by atoms with E-state index in [0.717, 1.165) is 42.9 Å². The van der Waals surface area contributed by atoms with Gasteiger partial charge in [-0.15, -0.1) is 0 Å². The fourth-order valence-corrected chi connectivity index (χ4v) is 3.64. The van der Waals surface area contributed by atoms with Crippen molar-refractivity contribution in [3.05, 3.63) is 108 Å². The highest BCUT2D eigenvalue weighted by Gasteiger charge is 2.10. The summed E-state index contributed by atoms with van der Waals surface area (Å²) in [4.78, 5) is 15.9. The van der Waals surface area contributed by atoms with Gasteiger partial charge in [-0.3, -0.25) is 9.88 Å². The summed E-state index contributed by atoms with van der Waals surface area (Å²) >= 11 is 0. The van der Waals surface area contributed by atoms with Gasteiger partial charge in [0, 0.05) is 55.5 Å². The van der Waals surface area contributed by atoms with Crippen molar-refractivity contribution in [2.45, 2.75) is 33.0 Å². The molecule has 0 amide bonds. The zero-order chi connectivity index (χ0) is 22.2. The molecule has 2 aromatic carbocycles. The van der Waals surface area contributed by atoms with Gasteiger partial charge in [-0.05, 0) is 53.4 Å². The molecular weight excluding hydrogens is 396 g/mol. The maximum absolute atomic E-state index is 5.23. The Balaban J connectivity index is 1.49. The Hall–Kier alpha value is -3.57. The molecule has 0 radical (unpaired) electrons. The van der Waals surface area contributed by atoms with Crippen LogP contribution >= 0.6 is 0 Å². The monoisotopic (exact) mass is 424 g/mol. The van der Waals surface area contributed by atoms with Crippen molar-refractivity contribution < 1.29 is 4.74 Å².